The lowest BCUT2D eigenvalue weighted by Gasteiger charge is -2.33. The Morgan fingerprint density at radius 3 is 1.79 bits per heavy atom. The molecule has 0 saturated carbocycles. The van der Waals surface area contributed by atoms with Crippen LogP contribution in [0.25, 0.3) is 0 Å². The Hall–Kier alpha value is -1.51. The quantitative estimate of drug-likeness (QED) is 0.443. The van der Waals surface area contributed by atoms with E-state index in [1.54, 1.807) is 6.92 Å². The first-order chi connectivity index (χ1) is 12.7. The van der Waals surface area contributed by atoms with E-state index in [9.17, 15) is 15.0 Å². The van der Waals surface area contributed by atoms with E-state index >= 15 is 0 Å². The lowest BCUT2D eigenvalue weighted by atomic mass is 9.71. The third-order valence-electron chi connectivity index (χ3n) is 5.88. The molecule has 1 unspecified atom stereocenters. The van der Waals surface area contributed by atoms with Crippen molar-refractivity contribution in [2.24, 2.45) is 0 Å². The van der Waals surface area contributed by atoms with E-state index in [-0.39, 0.29) is 16.6 Å². The van der Waals surface area contributed by atoms with Crippen molar-refractivity contribution in [2.45, 2.75) is 117 Å². The van der Waals surface area contributed by atoms with E-state index in [0.717, 1.165) is 30.4 Å². The van der Waals surface area contributed by atoms with Gasteiger partial charge in [-0.15, -0.1) is 0 Å². The van der Waals surface area contributed by atoms with Gasteiger partial charge >= 0.3 is 5.97 Å². The SMILES string of the molecule is CCCCCCCCC(C)(C(=O)O)c1cc(C(C)(C)C)cc(C(C)(C)C)c1O. The molecular formula is C25H42O3. The van der Waals surface area contributed by atoms with E-state index in [1.165, 1.54) is 19.3 Å². The van der Waals surface area contributed by atoms with Crippen LogP contribution in [0.4, 0.5) is 0 Å². The Kier molecular flexibility index (Phi) is 8.17. The number of carboxylic acids is 1. The maximum absolute atomic E-state index is 12.4. The molecule has 28 heavy (non-hydrogen) atoms. The molecule has 160 valence electrons. The second kappa shape index (κ2) is 9.33. The van der Waals surface area contributed by atoms with Gasteiger partial charge in [0.25, 0.3) is 0 Å². The Morgan fingerprint density at radius 1 is 0.821 bits per heavy atom. The van der Waals surface area contributed by atoms with Crippen LogP contribution in [-0.4, -0.2) is 16.2 Å². The first-order valence-electron chi connectivity index (χ1n) is 10.9. The van der Waals surface area contributed by atoms with Crippen molar-refractivity contribution in [1.29, 1.82) is 0 Å². The van der Waals surface area contributed by atoms with Gasteiger partial charge in [0, 0.05) is 5.56 Å². The van der Waals surface area contributed by atoms with Crippen LogP contribution >= 0.6 is 0 Å². The molecule has 0 aliphatic carbocycles. The van der Waals surface area contributed by atoms with Gasteiger partial charge in [-0.3, -0.25) is 4.79 Å². The van der Waals surface area contributed by atoms with Gasteiger partial charge in [0.15, 0.2) is 0 Å². The number of benzene rings is 1. The second-order valence-corrected chi connectivity index (χ2v) is 10.6. The summed E-state index contributed by atoms with van der Waals surface area (Å²) in [4.78, 5) is 12.4. The van der Waals surface area contributed by atoms with Crippen molar-refractivity contribution in [3.05, 3.63) is 28.8 Å². The molecule has 1 rings (SSSR count). The van der Waals surface area contributed by atoms with Crippen LogP contribution in [0.2, 0.25) is 0 Å². The number of carboxylic acid groups (broad SMARTS) is 1. The number of unbranched alkanes of at least 4 members (excludes halogenated alkanes) is 5. The second-order valence-electron chi connectivity index (χ2n) is 10.6. The molecule has 0 aliphatic heterocycles. The van der Waals surface area contributed by atoms with Crippen molar-refractivity contribution in [3.8, 4) is 5.75 Å². The van der Waals surface area contributed by atoms with Crippen molar-refractivity contribution in [2.75, 3.05) is 0 Å². The molecule has 1 atom stereocenters. The van der Waals surface area contributed by atoms with Gasteiger partial charge < -0.3 is 10.2 Å². The van der Waals surface area contributed by atoms with Crippen molar-refractivity contribution < 1.29 is 15.0 Å². The van der Waals surface area contributed by atoms with Crippen molar-refractivity contribution in [1.82, 2.24) is 0 Å². The van der Waals surface area contributed by atoms with Crippen molar-refractivity contribution >= 4 is 5.97 Å². The molecule has 0 saturated heterocycles. The Balaban J connectivity index is 3.35. The highest BCUT2D eigenvalue weighted by atomic mass is 16.4. The third-order valence-corrected chi connectivity index (χ3v) is 5.88. The largest absolute Gasteiger partial charge is 0.507 e. The predicted octanol–water partition coefficient (Wildman–Crippen LogP) is 7.08. The van der Waals surface area contributed by atoms with Crippen LogP contribution in [0.15, 0.2) is 12.1 Å². The average Bonchev–Trinajstić information content (AvgIpc) is 2.55. The van der Waals surface area contributed by atoms with Crippen LogP contribution in [0, 0.1) is 0 Å². The normalized spacial score (nSPS) is 14.7. The number of phenols is 1. The zero-order chi connectivity index (χ0) is 21.8. The molecule has 0 amide bonds. The summed E-state index contributed by atoms with van der Waals surface area (Å²) in [6.07, 6.45) is 7.23. The van der Waals surface area contributed by atoms with Crippen LogP contribution < -0.4 is 0 Å². The minimum absolute atomic E-state index is 0.123. The molecule has 0 aliphatic rings. The first-order valence-corrected chi connectivity index (χ1v) is 10.9. The highest BCUT2D eigenvalue weighted by Gasteiger charge is 2.39. The fourth-order valence-electron chi connectivity index (χ4n) is 3.68. The number of rotatable bonds is 9. The van der Waals surface area contributed by atoms with E-state index in [1.807, 2.05) is 12.1 Å². The highest BCUT2D eigenvalue weighted by molar-refractivity contribution is 5.82. The molecule has 3 nitrogen and oxygen atoms in total. The third kappa shape index (κ3) is 5.99. The number of aromatic hydroxyl groups is 1. The predicted molar refractivity (Wildman–Crippen MR) is 118 cm³/mol. The summed E-state index contributed by atoms with van der Waals surface area (Å²) in [6.45, 7) is 16.5. The topological polar surface area (TPSA) is 57.5 Å². The summed E-state index contributed by atoms with van der Waals surface area (Å²) in [7, 11) is 0. The number of phenolic OH excluding ortho intramolecular Hbond substituents is 1. The molecule has 0 aromatic heterocycles. The zero-order valence-electron chi connectivity index (χ0n) is 19.4. The average molecular weight is 391 g/mol. The van der Waals surface area contributed by atoms with Crippen LogP contribution in [0.5, 0.6) is 5.75 Å². The molecule has 0 bridgehead atoms. The molecule has 2 N–H and O–H groups in total. The van der Waals surface area contributed by atoms with E-state index in [0.29, 0.717) is 12.0 Å². The molecule has 1 aromatic carbocycles. The summed E-state index contributed by atoms with van der Waals surface area (Å²) < 4.78 is 0. The van der Waals surface area contributed by atoms with E-state index in [4.69, 9.17) is 0 Å². The van der Waals surface area contributed by atoms with Gasteiger partial charge in [-0.05, 0) is 35.3 Å². The van der Waals surface area contributed by atoms with Crippen molar-refractivity contribution in [3.63, 3.8) is 0 Å². The Labute approximate surface area is 172 Å². The summed E-state index contributed by atoms with van der Waals surface area (Å²) in [5.74, 6) is -0.710. The fourth-order valence-corrected chi connectivity index (χ4v) is 3.68. The first kappa shape index (κ1) is 24.5. The molecule has 1 aromatic rings. The fraction of sp³-hybridized carbons (Fsp3) is 0.720. The molecule has 0 spiro atoms. The molecule has 0 radical (unpaired) electrons. The van der Waals surface area contributed by atoms with Gasteiger partial charge in [0.05, 0.1) is 5.41 Å². The molecule has 3 heteroatoms. The van der Waals surface area contributed by atoms with Gasteiger partial charge in [-0.25, -0.2) is 0 Å². The maximum Gasteiger partial charge on any atom is 0.313 e. The number of hydrogen-bond acceptors (Lipinski definition) is 2. The van der Waals surface area contributed by atoms with E-state index < -0.39 is 11.4 Å². The molecular weight excluding hydrogens is 348 g/mol. The summed E-state index contributed by atoms with van der Waals surface area (Å²) in [5, 5.41) is 21.2. The lowest BCUT2D eigenvalue weighted by Crippen LogP contribution is -2.34. The molecule has 0 fully saturated rings. The minimum Gasteiger partial charge on any atom is -0.507 e. The highest BCUT2D eigenvalue weighted by Crippen LogP contribution is 2.44. The Morgan fingerprint density at radius 2 is 1.32 bits per heavy atom. The molecule has 0 heterocycles. The monoisotopic (exact) mass is 390 g/mol. The summed E-state index contributed by atoms with van der Waals surface area (Å²) >= 11 is 0. The number of hydrogen-bond donors (Lipinski definition) is 2. The van der Waals surface area contributed by atoms with Gasteiger partial charge in [0.1, 0.15) is 5.75 Å². The maximum atomic E-state index is 12.4. The minimum atomic E-state index is -1.09. The number of carbonyl (C=O) groups is 1. The zero-order valence-corrected chi connectivity index (χ0v) is 19.4. The smallest absolute Gasteiger partial charge is 0.313 e. The number of aliphatic carboxylic acids is 1. The van der Waals surface area contributed by atoms with E-state index in [2.05, 4.69) is 48.5 Å². The summed E-state index contributed by atoms with van der Waals surface area (Å²) in [6, 6.07) is 3.97. The van der Waals surface area contributed by atoms with Crippen LogP contribution in [0.1, 0.15) is 117 Å². The van der Waals surface area contributed by atoms with Gasteiger partial charge in [0.2, 0.25) is 0 Å². The van der Waals surface area contributed by atoms with Gasteiger partial charge in [-0.1, -0.05) is 99.1 Å². The van der Waals surface area contributed by atoms with Crippen LogP contribution in [0.3, 0.4) is 0 Å². The Bertz CT molecular complexity index is 662. The van der Waals surface area contributed by atoms with Crippen LogP contribution in [-0.2, 0) is 21.0 Å². The standard InChI is InChI=1S/C25H42O3/c1-9-10-11-12-13-14-15-25(8,22(27)28)20-17-18(23(2,3)4)16-19(21(20)26)24(5,6)7/h16-17,26H,9-15H2,1-8H3,(H,27,28). The summed E-state index contributed by atoms with van der Waals surface area (Å²) in [5.41, 5.74) is 0.981. The lowest BCUT2D eigenvalue weighted by molar-refractivity contribution is -0.143. The van der Waals surface area contributed by atoms with Gasteiger partial charge in [-0.2, -0.15) is 0 Å².